The zero-order chi connectivity index (χ0) is 16.8. The van der Waals surface area contributed by atoms with Crippen molar-refractivity contribution in [2.24, 2.45) is 0 Å². The molecule has 0 fully saturated rings. The minimum Gasteiger partial charge on any atom is -0.493 e. The van der Waals surface area contributed by atoms with E-state index in [-0.39, 0.29) is 0 Å². The number of hydrogen-bond donors (Lipinski definition) is 1. The van der Waals surface area contributed by atoms with Crippen LogP contribution in [0.25, 0.3) is 0 Å². The van der Waals surface area contributed by atoms with E-state index in [2.05, 4.69) is 5.32 Å². The molecule has 0 atom stereocenters. The zero-order valence-corrected chi connectivity index (χ0v) is 14.8. The van der Waals surface area contributed by atoms with Crippen LogP contribution in [0.4, 0.5) is 0 Å². The molecule has 0 aliphatic rings. The van der Waals surface area contributed by atoms with E-state index in [9.17, 15) is 0 Å². The van der Waals surface area contributed by atoms with Crippen molar-refractivity contribution in [1.29, 1.82) is 0 Å². The van der Waals surface area contributed by atoms with Crippen LogP contribution in [0.1, 0.15) is 11.1 Å². The summed E-state index contributed by atoms with van der Waals surface area (Å²) < 4.78 is 16.0. The Balaban J connectivity index is 2.08. The minimum absolute atomic E-state index is 0.583. The van der Waals surface area contributed by atoms with Gasteiger partial charge in [0.15, 0.2) is 11.5 Å². The normalized spacial score (nSPS) is 10.5. The standard InChI is InChI=1S/C17H19Cl2NO3/c1-21-15-6-11(7-16(22-2)17(15)23-3)9-20-10-12-4-5-13(18)8-14(12)19/h4-8,20H,9-10H2,1-3H3. The molecule has 0 aromatic heterocycles. The minimum atomic E-state index is 0.583. The maximum Gasteiger partial charge on any atom is 0.203 e. The van der Waals surface area contributed by atoms with Crippen LogP contribution >= 0.6 is 23.2 Å². The number of hydrogen-bond acceptors (Lipinski definition) is 4. The Hall–Kier alpha value is -1.62. The van der Waals surface area contributed by atoms with Crippen LogP contribution in [0.15, 0.2) is 30.3 Å². The molecule has 2 aromatic carbocycles. The number of ether oxygens (including phenoxy) is 3. The van der Waals surface area contributed by atoms with Gasteiger partial charge in [-0.3, -0.25) is 0 Å². The number of nitrogens with one attached hydrogen (secondary N) is 1. The van der Waals surface area contributed by atoms with Crippen molar-refractivity contribution in [2.75, 3.05) is 21.3 Å². The first-order chi connectivity index (χ1) is 11.1. The van der Waals surface area contributed by atoms with Crippen LogP contribution in [0.5, 0.6) is 17.2 Å². The monoisotopic (exact) mass is 355 g/mol. The quantitative estimate of drug-likeness (QED) is 0.803. The van der Waals surface area contributed by atoms with Gasteiger partial charge in [-0.1, -0.05) is 29.3 Å². The summed E-state index contributed by atoms with van der Waals surface area (Å²) >= 11 is 12.1. The Kier molecular flexibility index (Phi) is 6.39. The lowest BCUT2D eigenvalue weighted by molar-refractivity contribution is 0.323. The van der Waals surface area contributed by atoms with Gasteiger partial charge >= 0.3 is 0 Å². The Bertz CT molecular complexity index is 652. The van der Waals surface area contributed by atoms with E-state index in [4.69, 9.17) is 37.4 Å². The number of rotatable bonds is 7. The van der Waals surface area contributed by atoms with Gasteiger partial charge in [0.05, 0.1) is 21.3 Å². The molecular formula is C17H19Cl2NO3. The molecule has 0 amide bonds. The van der Waals surface area contributed by atoms with E-state index in [1.54, 1.807) is 27.4 Å². The molecule has 0 saturated heterocycles. The third-order valence-corrected chi connectivity index (χ3v) is 3.97. The molecule has 0 heterocycles. The highest BCUT2D eigenvalue weighted by Crippen LogP contribution is 2.38. The zero-order valence-electron chi connectivity index (χ0n) is 13.3. The summed E-state index contributed by atoms with van der Waals surface area (Å²) in [6.45, 7) is 1.27. The second-order valence-corrected chi connectivity index (χ2v) is 5.72. The highest BCUT2D eigenvalue weighted by Gasteiger charge is 2.13. The van der Waals surface area contributed by atoms with Gasteiger partial charge in [-0.15, -0.1) is 0 Å². The first-order valence-electron chi connectivity index (χ1n) is 7.02. The maximum atomic E-state index is 6.17. The van der Waals surface area contributed by atoms with Gasteiger partial charge in [-0.05, 0) is 35.4 Å². The van der Waals surface area contributed by atoms with E-state index in [0.717, 1.165) is 11.1 Å². The Morgan fingerprint density at radius 1 is 0.870 bits per heavy atom. The van der Waals surface area contributed by atoms with Crippen molar-refractivity contribution in [2.45, 2.75) is 13.1 Å². The van der Waals surface area contributed by atoms with E-state index >= 15 is 0 Å². The van der Waals surface area contributed by atoms with Crippen LogP contribution in [0, 0.1) is 0 Å². The van der Waals surface area contributed by atoms with Crippen molar-refractivity contribution in [1.82, 2.24) is 5.32 Å². The van der Waals surface area contributed by atoms with Gasteiger partial charge in [0.1, 0.15) is 0 Å². The first-order valence-corrected chi connectivity index (χ1v) is 7.78. The van der Waals surface area contributed by atoms with E-state index in [0.29, 0.717) is 40.4 Å². The van der Waals surface area contributed by atoms with Crippen molar-refractivity contribution in [3.63, 3.8) is 0 Å². The van der Waals surface area contributed by atoms with Gasteiger partial charge in [0, 0.05) is 23.1 Å². The molecule has 0 saturated carbocycles. The van der Waals surface area contributed by atoms with Crippen molar-refractivity contribution in [3.05, 3.63) is 51.5 Å². The molecule has 0 radical (unpaired) electrons. The molecule has 0 unspecified atom stereocenters. The molecule has 4 nitrogen and oxygen atoms in total. The third kappa shape index (κ3) is 4.44. The summed E-state index contributed by atoms with van der Waals surface area (Å²) in [4.78, 5) is 0. The Morgan fingerprint density at radius 3 is 2.04 bits per heavy atom. The van der Waals surface area contributed by atoms with Crippen LogP contribution in [-0.4, -0.2) is 21.3 Å². The Labute approximate surface area is 146 Å². The molecule has 6 heteroatoms. The van der Waals surface area contributed by atoms with E-state index in [1.165, 1.54) is 0 Å². The van der Waals surface area contributed by atoms with Crippen molar-refractivity contribution >= 4 is 23.2 Å². The number of benzene rings is 2. The number of methoxy groups -OCH3 is 3. The van der Waals surface area contributed by atoms with E-state index in [1.807, 2.05) is 24.3 Å². The van der Waals surface area contributed by atoms with Gasteiger partial charge in [0.2, 0.25) is 5.75 Å². The molecule has 0 spiro atoms. The summed E-state index contributed by atoms with van der Waals surface area (Å²) in [6, 6.07) is 9.30. The fraction of sp³-hybridized carbons (Fsp3) is 0.294. The predicted molar refractivity (Wildman–Crippen MR) is 93.1 cm³/mol. The molecule has 23 heavy (non-hydrogen) atoms. The second-order valence-electron chi connectivity index (χ2n) is 4.87. The largest absolute Gasteiger partial charge is 0.493 e. The molecule has 2 rings (SSSR count). The summed E-state index contributed by atoms with van der Waals surface area (Å²) in [6.07, 6.45) is 0. The molecule has 1 N–H and O–H groups in total. The van der Waals surface area contributed by atoms with Gasteiger partial charge in [-0.2, -0.15) is 0 Å². The van der Waals surface area contributed by atoms with Crippen LogP contribution in [0.3, 0.4) is 0 Å². The SMILES string of the molecule is COc1cc(CNCc2ccc(Cl)cc2Cl)cc(OC)c1OC. The third-order valence-electron chi connectivity index (χ3n) is 3.38. The second kappa shape index (κ2) is 8.29. The predicted octanol–water partition coefficient (Wildman–Crippen LogP) is 4.31. The average Bonchev–Trinajstić information content (AvgIpc) is 2.55. The maximum absolute atomic E-state index is 6.17. The molecular weight excluding hydrogens is 337 g/mol. The van der Waals surface area contributed by atoms with Gasteiger partial charge in [0.25, 0.3) is 0 Å². The molecule has 0 aliphatic heterocycles. The smallest absolute Gasteiger partial charge is 0.203 e. The summed E-state index contributed by atoms with van der Waals surface area (Å²) in [5.41, 5.74) is 2.01. The molecule has 0 aliphatic carbocycles. The lowest BCUT2D eigenvalue weighted by Crippen LogP contribution is -2.13. The lowest BCUT2D eigenvalue weighted by Gasteiger charge is -2.14. The van der Waals surface area contributed by atoms with Crippen LogP contribution < -0.4 is 19.5 Å². The highest BCUT2D eigenvalue weighted by molar-refractivity contribution is 6.35. The molecule has 124 valence electrons. The molecule has 0 bridgehead atoms. The summed E-state index contributed by atoms with van der Waals surface area (Å²) in [5.74, 6) is 1.85. The molecule has 2 aromatic rings. The van der Waals surface area contributed by atoms with Crippen LogP contribution in [-0.2, 0) is 13.1 Å². The summed E-state index contributed by atoms with van der Waals surface area (Å²) in [7, 11) is 4.78. The fourth-order valence-corrected chi connectivity index (χ4v) is 2.72. The summed E-state index contributed by atoms with van der Waals surface area (Å²) in [5, 5.41) is 4.62. The first kappa shape index (κ1) is 17.7. The average molecular weight is 356 g/mol. The fourth-order valence-electron chi connectivity index (χ4n) is 2.24. The van der Waals surface area contributed by atoms with Crippen LogP contribution in [0.2, 0.25) is 10.0 Å². The highest BCUT2D eigenvalue weighted by atomic mass is 35.5. The van der Waals surface area contributed by atoms with Crippen molar-refractivity contribution in [3.8, 4) is 17.2 Å². The van der Waals surface area contributed by atoms with E-state index < -0.39 is 0 Å². The van der Waals surface area contributed by atoms with Crippen molar-refractivity contribution < 1.29 is 14.2 Å². The Morgan fingerprint density at radius 2 is 1.52 bits per heavy atom. The van der Waals surface area contributed by atoms with Gasteiger partial charge < -0.3 is 19.5 Å². The lowest BCUT2D eigenvalue weighted by atomic mass is 10.1. The number of halogens is 2. The topological polar surface area (TPSA) is 39.7 Å². The van der Waals surface area contributed by atoms with Gasteiger partial charge in [-0.25, -0.2) is 0 Å².